The highest BCUT2D eigenvalue weighted by Gasteiger charge is 2.11. The third kappa shape index (κ3) is 4.96. The summed E-state index contributed by atoms with van der Waals surface area (Å²) in [5.74, 6) is 1.83. The molecule has 0 fully saturated rings. The molecule has 28 heavy (non-hydrogen) atoms. The number of anilines is 1. The first kappa shape index (κ1) is 19.6. The number of methoxy groups -OCH3 is 2. The maximum absolute atomic E-state index is 12.6. The van der Waals surface area contributed by atoms with Crippen molar-refractivity contribution in [1.29, 1.82) is 0 Å². The van der Waals surface area contributed by atoms with E-state index in [1.165, 1.54) is 0 Å². The number of ether oxygens (including phenoxy) is 3. The third-order valence-electron chi connectivity index (χ3n) is 4.10. The van der Waals surface area contributed by atoms with Crippen molar-refractivity contribution in [1.82, 2.24) is 0 Å². The minimum Gasteiger partial charge on any atom is -0.497 e. The van der Waals surface area contributed by atoms with E-state index in [2.05, 4.69) is 5.32 Å². The van der Waals surface area contributed by atoms with E-state index in [4.69, 9.17) is 25.8 Å². The second-order valence-electron chi connectivity index (χ2n) is 5.95. The van der Waals surface area contributed by atoms with Gasteiger partial charge < -0.3 is 19.5 Å². The van der Waals surface area contributed by atoms with Crippen LogP contribution in [0.1, 0.15) is 15.9 Å². The lowest BCUT2D eigenvalue weighted by molar-refractivity contribution is 0.102. The van der Waals surface area contributed by atoms with Gasteiger partial charge >= 0.3 is 0 Å². The van der Waals surface area contributed by atoms with E-state index in [-0.39, 0.29) is 12.5 Å². The highest BCUT2D eigenvalue weighted by molar-refractivity contribution is 6.30. The molecule has 5 nitrogen and oxygen atoms in total. The van der Waals surface area contributed by atoms with Crippen LogP contribution in [-0.4, -0.2) is 20.1 Å². The Morgan fingerprint density at radius 1 is 0.893 bits per heavy atom. The first-order chi connectivity index (χ1) is 13.6. The molecule has 0 aliphatic carbocycles. The number of carbonyl (C=O) groups is 1. The number of hydrogen-bond acceptors (Lipinski definition) is 4. The van der Waals surface area contributed by atoms with E-state index >= 15 is 0 Å². The lowest BCUT2D eigenvalue weighted by Gasteiger charge is -2.13. The quantitative estimate of drug-likeness (QED) is 0.596. The fourth-order valence-electron chi connectivity index (χ4n) is 2.60. The second-order valence-corrected chi connectivity index (χ2v) is 6.39. The van der Waals surface area contributed by atoms with Crippen LogP contribution >= 0.6 is 11.6 Å². The Morgan fingerprint density at radius 3 is 2.21 bits per heavy atom. The molecule has 0 spiro atoms. The summed E-state index contributed by atoms with van der Waals surface area (Å²) in [6.45, 7) is 0.258. The van der Waals surface area contributed by atoms with Crippen LogP contribution in [0.25, 0.3) is 0 Å². The van der Waals surface area contributed by atoms with Gasteiger partial charge in [0.1, 0.15) is 23.9 Å². The van der Waals surface area contributed by atoms with Crippen LogP contribution in [0.3, 0.4) is 0 Å². The average molecular weight is 398 g/mol. The summed E-state index contributed by atoms with van der Waals surface area (Å²) >= 11 is 5.89. The van der Waals surface area contributed by atoms with Crippen molar-refractivity contribution in [2.24, 2.45) is 0 Å². The van der Waals surface area contributed by atoms with Crippen LogP contribution in [0, 0.1) is 0 Å². The SMILES string of the molecule is COc1ccc(NC(=O)c2ccc(OC)c(COc3ccc(Cl)cc3)c2)cc1. The van der Waals surface area contributed by atoms with Gasteiger partial charge in [-0.05, 0) is 66.7 Å². The van der Waals surface area contributed by atoms with Crippen LogP contribution in [0.15, 0.2) is 66.7 Å². The summed E-state index contributed by atoms with van der Waals surface area (Å²) in [5.41, 5.74) is 1.95. The van der Waals surface area contributed by atoms with Gasteiger partial charge in [0.25, 0.3) is 5.91 Å². The number of benzene rings is 3. The Labute approximate surface area is 168 Å². The van der Waals surface area contributed by atoms with Gasteiger partial charge in [0, 0.05) is 21.8 Å². The van der Waals surface area contributed by atoms with Crippen LogP contribution < -0.4 is 19.5 Å². The zero-order chi connectivity index (χ0) is 19.9. The standard InChI is InChI=1S/C22H20ClNO4/c1-26-19-10-6-18(7-11-19)24-22(25)15-3-12-21(27-2)16(13-15)14-28-20-8-4-17(23)5-9-20/h3-13H,14H2,1-2H3,(H,24,25). The van der Waals surface area contributed by atoms with Gasteiger partial charge in [0.05, 0.1) is 14.2 Å². The fourth-order valence-corrected chi connectivity index (χ4v) is 2.73. The number of amides is 1. The maximum Gasteiger partial charge on any atom is 0.255 e. The van der Waals surface area contributed by atoms with Crippen molar-refractivity contribution in [3.8, 4) is 17.2 Å². The summed E-state index contributed by atoms with van der Waals surface area (Å²) in [6.07, 6.45) is 0. The molecule has 0 atom stereocenters. The topological polar surface area (TPSA) is 56.8 Å². The number of rotatable bonds is 7. The minimum atomic E-state index is -0.222. The van der Waals surface area contributed by atoms with Gasteiger partial charge in [-0.1, -0.05) is 11.6 Å². The predicted molar refractivity (Wildman–Crippen MR) is 110 cm³/mol. The Hall–Kier alpha value is -3.18. The summed E-state index contributed by atoms with van der Waals surface area (Å²) in [5, 5.41) is 3.50. The van der Waals surface area contributed by atoms with Gasteiger partial charge in [-0.15, -0.1) is 0 Å². The summed E-state index contributed by atoms with van der Waals surface area (Å²) in [6, 6.07) is 19.4. The largest absolute Gasteiger partial charge is 0.497 e. The van der Waals surface area contributed by atoms with Crippen LogP contribution in [-0.2, 0) is 6.61 Å². The lowest BCUT2D eigenvalue weighted by atomic mass is 10.1. The zero-order valence-electron chi connectivity index (χ0n) is 15.6. The van der Waals surface area contributed by atoms with Gasteiger partial charge in [-0.2, -0.15) is 0 Å². The summed E-state index contributed by atoms with van der Waals surface area (Å²) in [7, 11) is 3.18. The van der Waals surface area contributed by atoms with Crippen molar-refractivity contribution in [3.63, 3.8) is 0 Å². The van der Waals surface area contributed by atoms with Crippen molar-refractivity contribution in [2.45, 2.75) is 6.61 Å². The Morgan fingerprint density at radius 2 is 1.57 bits per heavy atom. The highest BCUT2D eigenvalue weighted by Crippen LogP contribution is 2.24. The van der Waals surface area contributed by atoms with Gasteiger partial charge in [-0.25, -0.2) is 0 Å². The first-order valence-electron chi connectivity index (χ1n) is 8.59. The molecular weight excluding hydrogens is 378 g/mol. The molecule has 0 bridgehead atoms. The van der Waals surface area contributed by atoms with E-state index in [0.717, 1.165) is 11.3 Å². The van der Waals surface area contributed by atoms with Gasteiger partial charge in [0.2, 0.25) is 0 Å². The van der Waals surface area contributed by atoms with E-state index in [1.54, 1.807) is 80.9 Å². The highest BCUT2D eigenvalue weighted by atomic mass is 35.5. The number of nitrogens with one attached hydrogen (secondary N) is 1. The number of hydrogen-bond donors (Lipinski definition) is 1. The average Bonchev–Trinajstić information content (AvgIpc) is 2.73. The van der Waals surface area contributed by atoms with E-state index in [0.29, 0.717) is 27.8 Å². The van der Waals surface area contributed by atoms with Crippen LogP contribution in [0.2, 0.25) is 5.02 Å². The third-order valence-corrected chi connectivity index (χ3v) is 4.35. The molecule has 0 radical (unpaired) electrons. The molecule has 3 aromatic carbocycles. The molecule has 0 aliphatic rings. The van der Waals surface area contributed by atoms with E-state index in [9.17, 15) is 4.79 Å². The molecule has 6 heteroatoms. The summed E-state index contributed by atoms with van der Waals surface area (Å²) < 4.78 is 16.3. The molecule has 1 N–H and O–H groups in total. The first-order valence-corrected chi connectivity index (χ1v) is 8.97. The molecular formula is C22H20ClNO4. The minimum absolute atomic E-state index is 0.222. The van der Waals surface area contributed by atoms with Gasteiger partial charge in [0.15, 0.2) is 0 Å². The predicted octanol–water partition coefficient (Wildman–Crippen LogP) is 5.19. The molecule has 0 aliphatic heterocycles. The molecule has 1 amide bonds. The van der Waals surface area contributed by atoms with Crippen LogP contribution in [0.5, 0.6) is 17.2 Å². The van der Waals surface area contributed by atoms with Crippen LogP contribution in [0.4, 0.5) is 5.69 Å². The smallest absolute Gasteiger partial charge is 0.255 e. The molecule has 0 aromatic heterocycles. The van der Waals surface area contributed by atoms with E-state index in [1.807, 2.05) is 0 Å². The fraction of sp³-hybridized carbons (Fsp3) is 0.136. The number of halogens is 1. The van der Waals surface area contributed by atoms with E-state index < -0.39 is 0 Å². The second kappa shape index (κ2) is 9.15. The Kier molecular flexibility index (Phi) is 6.40. The molecule has 0 saturated carbocycles. The zero-order valence-corrected chi connectivity index (χ0v) is 16.3. The molecule has 0 heterocycles. The number of carbonyl (C=O) groups excluding carboxylic acids is 1. The van der Waals surface area contributed by atoms with Crippen molar-refractivity contribution >= 4 is 23.2 Å². The lowest BCUT2D eigenvalue weighted by Crippen LogP contribution is -2.12. The monoisotopic (exact) mass is 397 g/mol. The normalized spacial score (nSPS) is 10.2. The molecule has 3 aromatic rings. The molecule has 3 rings (SSSR count). The Bertz CT molecular complexity index is 940. The van der Waals surface area contributed by atoms with Crippen molar-refractivity contribution in [2.75, 3.05) is 19.5 Å². The van der Waals surface area contributed by atoms with Crippen molar-refractivity contribution < 1.29 is 19.0 Å². The molecule has 0 unspecified atom stereocenters. The summed E-state index contributed by atoms with van der Waals surface area (Å²) in [4.78, 5) is 12.6. The Balaban J connectivity index is 1.73. The van der Waals surface area contributed by atoms with Crippen molar-refractivity contribution in [3.05, 3.63) is 82.9 Å². The van der Waals surface area contributed by atoms with Gasteiger partial charge in [-0.3, -0.25) is 4.79 Å². The molecule has 0 saturated heterocycles. The molecule has 144 valence electrons. The maximum atomic E-state index is 12.6.